The van der Waals surface area contributed by atoms with Gasteiger partial charge < -0.3 is 10.2 Å². The van der Waals surface area contributed by atoms with Crippen LogP contribution in [0.5, 0.6) is 0 Å². The summed E-state index contributed by atoms with van der Waals surface area (Å²) in [4.78, 5) is 18.9. The number of benzene rings is 1. The fraction of sp³-hybridized carbons (Fsp3) is 0.412. The average Bonchev–Trinajstić information content (AvgIpc) is 3.04. The summed E-state index contributed by atoms with van der Waals surface area (Å²) in [5.74, 6) is 0.108. The van der Waals surface area contributed by atoms with Gasteiger partial charge in [0, 0.05) is 36.3 Å². The van der Waals surface area contributed by atoms with E-state index in [0.29, 0.717) is 6.04 Å². The molecular weight excluding hydrogens is 262 g/mol. The molecule has 1 fully saturated rings. The van der Waals surface area contributed by atoms with E-state index in [1.807, 2.05) is 42.2 Å². The van der Waals surface area contributed by atoms with E-state index in [0.717, 1.165) is 42.5 Å². The third kappa shape index (κ3) is 3.05. The summed E-state index contributed by atoms with van der Waals surface area (Å²) in [6, 6.07) is 10.1. The first kappa shape index (κ1) is 14.0. The molecule has 2 aromatic rings. The number of carbonyl (C=O) groups excluding carboxylic acids is 1. The van der Waals surface area contributed by atoms with Crippen LogP contribution >= 0.6 is 0 Å². The Morgan fingerprint density at radius 2 is 2.33 bits per heavy atom. The Morgan fingerprint density at radius 1 is 1.43 bits per heavy atom. The van der Waals surface area contributed by atoms with Crippen LogP contribution in [0, 0.1) is 0 Å². The molecule has 1 aliphatic rings. The van der Waals surface area contributed by atoms with Crippen LogP contribution in [0.25, 0.3) is 10.9 Å². The minimum Gasteiger partial charge on any atom is -0.337 e. The number of fused-ring (bicyclic) bond motifs is 1. The molecule has 4 nitrogen and oxygen atoms in total. The highest BCUT2D eigenvalue weighted by atomic mass is 16.2. The molecular formula is C17H21N3O. The maximum Gasteiger partial charge on any atom is 0.253 e. The van der Waals surface area contributed by atoms with Crippen LogP contribution in [0.1, 0.15) is 30.1 Å². The van der Waals surface area contributed by atoms with Crippen LogP contribution in [0.3, 0.4) is 0 Å². The number of likely N-dealkylation sites (N-methyl/N-ethyl adjacent to an activating group) is 1. The van der Waals surface area contributed by atoms with E-state index in [1.54, 1.807) is 6.20 Å². The van der Waals surface area contributed by atoms with E-state index >= 15 is 0 Å². The van der Waals surface area contributed by atoms with Crippen molar-refractivity contribution < 1.29 is 4.79 Å². The van der Waals surface area contributed by atoms with Crippen LogP contribution in [0.2, 0.25) is 0 Å². The molecule has 1 aromatic carbocycles. The molecule has 1 N–H and O–H groups in total. The van der Waals surface area contributed by atoms with Gasteiger partial charge in [-0.1, -0.05) is 6.07 Å². The normalized spacial score (nSPS) is 18.0. The summed E-state index contributed by atoms with van der Waals surface area (Å²) in [6.07, 6.45) is 4.14. The molecule has 1 saturated heterocycles. The van der Waals surface area contributed by atoms with Gasteiger partial charge >= 0.3 is 0 Å². The Labute approximate surface area is 125 Å². The van der Waals surface area contributed by atoms with Crippen molar-refractivity contribution in [3.05, 3.63) is 42.1 Å². The molecule has 2 heterocycles. The zero-order valence-electron chi connectivity index (χ0n) is 12.4. The summed E-state index contributed by atoms with van der Waals surface area (Å²) in [5, 5.41) is 4.47. The second kappa shape index (κ2) is 6.22. The lowest BCUT2D eigenvalue weighted by Gasteiger charge is -2.24. The zero-order chi connectivity index (χ0) is 14.7. The van der Waals surface area contributed by atoms with E-state index in [9.17, 15) is 4.79 Å². The highest BCUT2D eigenvalue weighted by molar-refractivity contribution is 5.97. The van der Waals surface area contributed by atoms with Gasteiger partial charge in [0.1, 0.15) is 0 Å². The monoisotopic (exact) mass is 283 g/mol. The predicted molar refractivity (Wildman–Crippen MR) is 84.3 cm³/mol. The molecule has 1 aromatic heterocycles. The molecule has 0 saturated carbocycles. The minimum absolute atomic E-state index is 0.108. The fourth-order valence-electron chi connectivity index (χ4n) is 2.93. The second-order valence-corrected chi connectivity index (χ2v) is 5.55. The lowest BCUT2D eigenvalue weighted by atomic mass is 10.1. The Kier molecular flexibility index (Phi) is 4.15. The number of amides is 1. The van der Waals surface area contributed by atoms with E-state index in [1.165, 1.54) is 6.42 Å². The van der Waals surface area contributed by atoms with Gasteiger partial charge in [0.15, 0.2) is 0 Å². The third-order valence-corrected chi connectivity index (χ3v) is 4.12. The van der Waals surface area contributed by atoms with E-state index in [-0.39, 0.29) is 5.91 Å². The van der Waals surface area contributed by atoms with E-state index < -0.39 is 0 Å². The van der Waals surface area contributed by atoms with Crippen LogP contribution in [-0.2, 0) is 0 Å². The maximum absolute atomic E-state index is 12.7. The second-order valence-electron chi connectivity index (χ2n) is 5.55. The topological polar surface area (TPSA) is 45.2 Å². The molecule has 1 amide bonds. The molecule has 21 heavy (non-hydrogen) atoms. The van der Waals surface area contributed by atoms with Crippen LogP contribution in [0.4, 0.5) is 0 Å². The maximum atomic E-state index is 12.7. The first-order chi connectivity index (χ1) is 10.3. The van der Waals surface area contributed by atoms with Crippen LogP contribution < -0.4 is 5.32 Å². The molecule has 4 heteroatoms. The number of rotatable bonds is 4. The summed E-state index contributed by atoms with van der Waals surface area (Å²) in [5.41, 5.74) is 1.67. The summed E-state index contributed by atoms with van der Waals surface area (Å²) in [7, 11) is 0. The number of nitrogens with zero attached hydrogens (tertiary/aromatic N) is 2. The molecule has 1 unspecified atom stereocenters. The van der Waals surface area contributed by atoms with Gasteiger partial charge in [-0.15, -0.1) is 0 Å². The van der Waals surface area contributed by atoms with Gasteiger partial charge in [-0.05, 0) is 50.6 Å². The molecule has 0 spiro atoms. The molecule has 0 radical (unpaired) electrons. The van der Waals surface area contributed by atoms with Gasteiger partial charge in [0.2, 0.25) is 0 Å². The minimum atomic E-state index is 0.108. The standard InChI is InChI=1S/C17H21N3O/c1-2-20(12-15-6-4-9-18-15)17(21)14-7-8-16-13(11-14)5-3-10-19-16/h3,5,7-8,10-11,15,18H,2,4,6,9,12H2,1H3. The number of aromatic nitrogens is 1. The predicted octanol–water partition coefficient (Wildman–Crippen LogP) is 2.45. The van der Waals surface area contributed by atoms with Crippen molar-refractivity contribution in [2.24, 2.45) is 0 Å². The van der Waals surface area contributed by atoms with Gasteiger partial charge in [0.25, 0.3) is 5.91 Å². The van der Waals surface area contributed by atoms with E-state index in [2.05, 4.69) is 10.3 Å². The first-order valence-electron chi connectivity index (χ1n) is 7.65. The highest BCUT2D eigenvalue weighted by Gasteiger charge is 2.21. The number of hydrogen-bond acceptors (Lipinski definition) is 3. The van der Waals surface area contributed by atoms with Gasteiger partial charge in [-0.2, -0.15) is 0 Å². The van der Waals surface area contributed by atoms with Crippen molar-refractivity contribution in [1.29, 1.82) is 0 Å². The van der Waals surface area contributed by atoms with E-state index in [4.69, 9.17) is 0 Å². The molecule has 1 atom stereocenters. The Hall–Kier alpha value is -1.94. The number of pyridine rings is 1. The zero-order valence-corrected chi connectivity index (χ0v) is 12.4. The molecule has 1 aliphatic heterocycles. The summed E-state index contributed by atoms with van der Waals surface area (Å²) in [6.45, 7) is 4.63. The fourth-order valence-corrected chi connectivity index (χ4v) is 2.93. The SMILES string of the molecule is CCN(CC1CCCN1)C(=O)c1ccc2ncccc2c1. The molecule has 110 valence electrons. The summed E-state index contributed by atoms with van der Waals surface area (Å²) >= 11 is 0. The number of nitrogens with one attached hydrogen (secondary N) is 1. The lowest BCUT2D eigenvalue weighted by molar-refractivity contribution is 0.0751. The van der Waals surface area contributed by atoms with Crippen LogP contribution in [0.15, 0.2) is 36.5 Å². The lowest BCUT2D eigenvalue weighted by Crippen LogP contribution is -2.41. The Morgan fingerprint density at radius 3 is 3.10 bits per heavy atom. The Balaban J connectivity index is 1.80. The van der Waals surface area contributed by atoms with Gasteiger partial charge in [-0.25, -0.2) is 0 Å². The van der Waals surface area contributed by atoms with Crippen molar-refractivity contribution in [3.8, 4) is 0 Å². The van der Waals surface area contributed by atoms with Gasteiger partial charge in [0.05, 0.1) is 5.52 Å². The summed E-state index contributed by atoms with van der Waals surface area (Å²) < 4.78 is 0. The molecule has 0 aliphatic carbocycles. The molecule has 3 rings (SSSR count). The van der Waals surface area contributed by atoms with Crippen LogP contribution in [-0.4, -0.2) is 41.5 Å². The average molecular weight is 283 g/mol. The highest BCUT2D eigenvalue weighted by Crippen LogP contribution is 2.16. The number of hydrogen-bond donors (Lipinski definition) is 1. The first-order valence-corrected chi connectivity index (χ1v) is 7.65. The van der Waals surface area contributed by atoms with Crippen molar-refractivity contribution in [3.63, 3.8) is 0 Å². The third-order valence-electron chi connectivity index (χ3n) is 4.12. The largest absolute Gasteiger partial charge is 0.337 e. The smallest absolute Gasteiger partial charge is 0.253 e. The molecule has 0 bridgehead atoms. The number of carbonyl (C=O) groups is 1. The quantitative estimate of drug-likeness (QED) is 0.937. The van der Waals surface area contributed by atoms with Crippen molar-refractivity contribution in [2.45, 2.75) is 25.8 Å². The van der Waals surface area contributed by atoms with Crippen molar-refractivity contribution >= 4 is 16.8 Å². The van der Waals surface area contributed by atoms with Crippen molar-refractivity contribution in [1.82, 2.24) is 15.2 Å². The van der Waals surface area contributed by atoms with Gasteiger partial charge in [-0.3, -0.25) is 9.78 Å². The van der Waals surface area contributed by atoms with Crippen molar-refractivity contribution in [2.75, 3.05) is 19.6 Å². The Bertz CT molecular complexity index is 635.